The maximum absolute atomic E-state index is 12.5. The second-order valence-electron chi connectivity index (χ2n) is 5.90. The second-order valence-corrected chi connectivity index (χ2v) is 8.24. The Balaban J connectivity index is 2.64. The van der Waals surface area contributed by atoms with Crippen molar-refractivity contribution >= 4 is 34.0 Å². The average Bonchev–Trinajstić information content (AvgIpc) is 2.47. The van der Waals surface area contributed by atoms with Gasteiger partial charge in [-0.15, -0.1) is 0 Å². The van der Waals surface area contributed by atoms with Crippen molar-refractivity contribution in [3.63, 3.8) is 0 Å². The van der Waals surface area contributed by atoms with Gasteiger partial charge in [0.05, 0.1) is 10.5 Å². The van der Waals surface area contributed by atoms with Gasteiger partial charge in [0.15, 0.2) is 0 Å². The van der Waals surface area contributed by atoms with Gasteiger partial charge in [-0.05, 0) is 39.0 Å². The molecule has 0 aliphatic heterocycles. The minimum atomic E-state index is -1.39. The van der Waals surface area contributed by atoms with Crippen molar-refractivity contribution in [2.45, 2.75) is 25.5 Å². The molecule has 22 heavy (non-hydrogen) atoms. The summed E-state index contributed by atoms with van der Waals surface area (Å²) in [6.45, 7) is 5.66. The van der Waals surface area contributed by atoms with Crippen LogP contribution in [0.2, 0.25) is 5.02 Å². The Bertz CT molecular complexity index is 721. The Morgan fingerprint density at radius 2 is 1.77 bits per heavy atom. The number of hydrogen-bond acceptors (Lipinski definition) is 2. The lowest BCUT2D eigenvalue weighted by Crippen LogP contribution is -2.21. The largest absolute Gasteiger partial charge is 0.398 e. The van der Waals surface area contributed by atoms with Crippen LogP contribution in [0.3, 0.4) is 0 Å². The molecule has 0 bridgehead atoms. The van der Waals surface area contributed by atoms with Crippen molar-refractivity contribution in [1.82, 2.24) is 0 Å². The molecule has 2 rings (SSSR count). The van der Waals surface area contributed by atoms with Crippen molar-refractivity contribution < 1.29 is 4.21 Å². The number of hydrogen-bond donors (Lipinski definition) is 1. The molecular formula is C17H19ClN2OS. The number of anilines is 1. The van der Waals surface area contributed by atoms with Crippen LogP contribution in [0, 0.1) is 0 Å². The van der Waals surface area contributed by atoms with E-state index >= 15 is 0 Å². The minimum absolute atomic E-state index is 0.451. The standard InChI is InChI=1S/C17H19ClN2OS/c1-17(2,3)22(21)20-16(12-7-5-4-6-8-12)14-11-13(18)9-10-15(14)19/h4-11H,19H2,1-3H3/b20-16+/t22-/m1/s1. The highest BCUT2D eigenvalue weighted by Crippen LogP contribution is 2.24. The summed E-state index contributed by atoms with van der Waals surface area (Å²) in [6.07, 6.45) is 0. The zero-order chi connectivity index (χ0) is 16.3. The van der Waals surface area contributed by atoms with Gasteiger partial charge in [-0.3, -0.25) is 0 Å². The van der Waals surface area contributed by atoms with Crippen LogP contribution in [0.25, 0.3) is 0 Å². The molecule has 0 fully saturated rings. The van der Waals surface area contributed by atoms with E-state index in [-0.39, 0.29) is 0 Å². The van der Waals surface area contributed by atoms with Crippen molar-refractivity contribution in [3.8, 4) is 0 Å². The average molecular weight is 335 g/mol. The molecule has 0 saturated carbocycles. The van der Waals surface area contributed by atoms with Crippen LogP contribution in [0.4, 0.5) is 5.69 Å². The van der Waals surface area contributed by atoms with Crippen LogP contribution >= 0.6 is 11.6 Å². The molecule has 5 heteroatoms. The maximum Gasteiger partial charge on any atom is 0.145 e. The van der Waals surface area contributed by atoms with Crippen LogP contribution in [-0.2, 0) is 11.0 Å². The molecule has 116 valence electrons. The van der Waals surface area contributed by atoms with Crippen LogP contribution in [-0.4, -0.2) is 14.7 Å². The molecule has 0 radical (unpaired) electrons. The maximum atomic E-state index is 12.5. The SMILES string of the molecule is CC(C)(C)[S@@](=O)/N=C(\c1ccccc1)c1cc(Cl)ccc1N. The van der Waals surface area contributed by atoms with Gasteiger partial charge in [0, 0.05) is 21.8 Å². The van der Waals surface area contributed by atoms with E-state index in [9.17, 15) is 4.21 Å². The van der Waals surface area contributed by atoms with Gasteiger partial charge < -0.3 is 5.73 Å². The fourth-order valence-electron chi connectivity index (χ4n) is 1.81. The third-order valence-corrected chi connectivity index (χ3v) is 4.65. The van der Waals surface area contributed by atoms with Crippen molar-refractivity contribution in [2.75, 3.05) is 5.73 Å². The quantitative estimate of drug-likeness (QED) is 0.674. The zero-order valence-electron chi connectivity index (χ0n) is 12.8. The van der Waals surface area contributed by atoms with Gasteiger partial charge in [0.2, 0.25) is 0 Å². The second kappa shape index (κ2) is 6.63. The fraction of sp³-hybridized carbons (Fsp3) is 0.235. The predicted octanol–water partition coefficient (Wildman–Crippen LogP) is 4.22. The van der Waals surface area contributed by atoms with E-state index in [2.05, 4.69) is 4.40 Å². The summed E-state index contributed by atoms with van der Waals surface area (Å²) in [4.78, 5) is 0. The first-order chi connectivity index (χ1) is 10.3. The molecule has 2 aromatic carbocycles. The highest BCUT2D eigenvalue weighted by molar-refractivity contribution is 7.85. The van der Waals surface area contributed by atoms with Crippen molar-refractivity contribution in [1.29, 1.82) is 0 Å². The molecule has 2 aromatic rings. The molecule has 0 amide bonds. The molecule has 0 unspecified atom stereocenters. The molecule has 0 aliphatic rings. The van der Waals surface area contributed by atoms with E-state index in [0.29, 0.717) is 22.0 Å². The molecule has 2 N–H and O–H groups in total. The summed E-state index contributed by atoms with van der Waals surface area (Å²) in [6, 6.07) is 14.8. The predicted molar refractivity (Wildman–Crippen MR) is 95.8 cm³/mol. The highest BCUT2D eigenvalue weighted by atomic mass is 35.5. The molecule has 1 atom stereocenters. The Kier molecular flexibility index (Phi) is 5.04. The lowest BCUT2D eigenvalue weighted by molar-refractivity contribution is 0.650. The van der Waals surface area contributed by atoms with Crippen LogP contribution in [0.5, 0.6) is 0 Å². The van der Waals surface area contributed by atoms with E-state index in [1.54, 1.807) is 18.2 Å². The number of benzene rings is 2. The zero-order valence-corrected chi connectivity index (χ0v) is 14.4. The summed E-state index contributed by atoms with van der Waals surface area (Å²) in [5.41, 5.74) is 8.77. The van der Waals surface area contributed by atoms with Crippen LogP contribution in [0.1, 0.15) is 31.9 Å². The fourth-order valence-corrected chi connectivity index (χ4v) is 2.62. The summed E-state index contributed by atoms with van der Waals surface area (Å²) >= 11 is 6.09. The van der Waals surface area contributed by atoms with Crippen molar-refractivity contribution in [3.05, 3.63) is 64.7 Å². The number of rotatable bonds is 3. The highest BCUT2D eigenvalue weighted by Gasteiger charge is 2.21. The Hall–Kier alpha value is -1.65. The molecule has 0 spiro atoms. The number of nitrogens with two attached hydrogens (primary N) is 1. The van der Waals surface area contributed by atoms with Gasteiger partial charge in [-0.25, -0.2) is 4.21 Å². The van der Waals surface area contributed by atoms with Crippen LogP contribution in [0.15, 0.2) is 52.9 Å². The summed E-state index contributed by atoms with van der Waals surface area (Å²) in [5.74, 6) is 0. The van der Waals surface area contributed by atoms with Crippen molar-refractivity contribution in [2.24, 2.45) is 4.40 Å². The number of halogens is 1. The van der Waals surface area contributed by atoms with E-state index < -0.39 is 15.7 Å². The monoisotopic (exact) mass is 334 g/mol. The van der Waals surface area contributed by atoms with Crippen LogP contribution < -0.4 is 5.73 Å². The van der Waals surface area contributed by atoms with E-state index in [1.807, 2.05) is 51.1 Å². The normalized spacial score (nSPS) is 13.9. The molecular weight excluding hydrogens is 316 g/mol. The van der Waals surface area contributed by atoms with E-state index in [1.165, 1.54) is 0 Å². The molecule has 0 saturated heterocycles. The molecule has 0 heterocycles. The van der Waals surface area contributed by atoms with Gasteiger partial charge in [0.25, 0.3) is 0 Å². The first-order valence-corrected chi connectivity index (χ1v) is 8.39. The summed E-state index contributed by atoms with van der Waals surface area (Å²) in [7, 11) is -1.39. The van der Waals surface area contributed by atoms with E-state index in [4.69, 9.17) is 17.3 Å². The Morgan fingerprint density at radius 3 is 2.36 bits per heavy atom. The molecule has 0 aliphatic carbocycles. The van der Waals surface area contributed by atoms with Gasteiger partial charge in [0.1, 0.15) is 11.0 Å². The smallest absolute Gasteiger partial charge is 0.145 e. The first-order valence-electron chi connectivity index (χ1n) is 6.90. The molecule has 0 aromatic heterocycles. The number of nitrogen functional groups attached to an aromatic ring is 1. The Labute approximate surface area is 138 Å². The summed E-state index contributed by atoms with van der Waals surface area (Å²) < 4.78 is 16.5. The third-order valence-electron chi connectivity index (χ3n) is 3.02. The number of nitrogens with zero attached hydrogens (tertiary/aromatic N) is 1. The topological polar surface area (TPSA) is 55.5 Å². The first kappa shape index (κ1) is 16.7. The minimum Gasteiger partial charge on any atom is -0.398 e. The summed E-state index contributed by atoms with van der Waals surface area (Å²) in [5, 5.41) is 0.564. The van der Waals surface area contributed by atoms with Gasteiger partial charge in [-0.1, -0.05) is 41.9 Å². The lowest BCUT2D eigenvalue weighted by atomic mass is 10.0. The lowest BCUT2D eigenvalue weighted by Gasteiger charge is -2.16. The van der Waals surface area contributed by atoms with Gasteiger partial charge >= 0.3 is 0 Å². The third kappa shape index (κ3) is 3.96. The molecule has 3 nitrogen and oxygen atoms in total. The van der Waals surface area contributed by atoms with Gasteiger partial charge in [-0.2, -0.15) is 4.40 Å². The Morgan fingerprint density at radius 1 is 1.14 bits per heavy atom. The van der Waals surface area contributed by atoms with E-state index in [0.717, 1.165) is 5.56 Å².